The maximum Gasteiger partial charge on any atom is 0.343 e. The standard InChI is InChI=1S/C6H4Br2O3/c7-1-3-4(2-8)6(10)11-5(3)9/h1-2H2. The van der Waals surface area contributed by atoms with E-state index in [1.54, 1.807) is 0 Å². The van der Waals surface area contributed by atoms with Gasteiger partial charge in [0, 0.05) is 10.7 Å². The van der Waals surface area contributed by atoms with E-state index < -0.39 is 11.9 Å². The highest BCUT2D eigenvalue weighted by Gasteiger charge is 2.30. The average Bonchev–Trinajstić information content (AvgIpc) is 2.24. The Morgan fingerprint density at radius 3 is 1.64 bits per heavy atom. The van der Waals surface area contributed by atoms with Crippen molar-refractivity contribution in [1.29, 1.82) is 0 Å². The zero-order valence-electron chi connectivity index (χ0n) is 5.39. The lowest BCUT2D eigenvalue weighted by atomic mass is 10.2. The Bertz CT molecular complexity index is 220. The van der Waals surface area contributed by atoms with Gasteiger partial charge in [0.25, 0.3) is 0 Å². The fraction of sp³-hybridized carbons (Fsp3) is 0.333. The first-order chi connectivity index (χ1) is 5.20. The number of ether oxygens (including phenoxy) is 1. The second-order valence-corrected chi connectivity index (χ2v) is 3.02. The molecule has 0 aromatic rings. The molecule has 1 heterocycles. The molecule has 1 aliphatic rings. The van der Waals surface area contributed by atoms with Crippen LogP contribution in [0.5, 0.6) is 0 Å². The third-order valence-corrected chi connectivity index (χ3v) is 2.43. The molecule has 0 aromatic heterocycles. The Morgan fingerprint density at radius 2 is 1.36 bits per heavy atom. The van der Waals surface area contributed by atoms with E-state index in [1.807, 2.05) is 0 Å². The molecule has 0 bridgehead atoms. The average molecular weight is 284 g/mol. The Morgan fingerprint density at radius 1 is 1.00 bits per heavy atom. The van der Waals surface area contributed by atoms with Crippen LogP contribution in [-0.2, 0) is 14.3 Å². The third-order valence-electron chi connectivity index (χ3n) is 1.31. The molecule has 0 aromatic carbocycles. The highest BCUT2D eigenvalue weighted by atomic mass is 79.9. The minimum Gasteiger partial charge on any atom is -0.386 e. The summed E-state index contributed by atoms with van der Waals surface area (Å²) in [5.41, 5.74) is 0.818. The SMILES string of the molecule is O=C1OC(=O)C(CBr)=C1CBr. The number of carbonyl (C=O) groups is 2. The van der Waals surface area contributed by atoms with Crippen LogP contribution in [0.1, 0.15) is 0 Å². The fourth-order valence-electron chi connectivity index (χ4n) is 0.724. The van der Waals surface area contributed by atoms with Crippen LogP contribution in [0.4, 0.5) is 0 Å². The Hall–Kier alpha value is -0.160. The lowest BCUT2D eigenvalue weighted by Gasteiger charge is -1.89. The normalized spacial score (nSPS) is 17.6. The molecule has 1 rings (SSSR count). The molecule has 11 heavy (non-hydrogen) atoms. The van der Waals surface area contributed by atoms with Gasteiger partial charge in [-0.25, -0.2) is 9.59 Å². The molecular weight excluding hydrogens is 280 g/mol. The molecule has 1 aliphatic heterocycles. The summed E-state index contributed by atoms with van der Waals surface area (Å²) in [5, 5.41) is 0.719. The van der Waals surface area contributed by atoms with Gasteiger partial charge in [0.15, 0.2) is 0 Å². The zero-order valence-corrected chi connectivity index (χ0v) is 8.57. The first-order valence-electron chi connectivity index (χ1n) is 2.81. The summed E-state index contributed by atoms with van der Waals surface area (Å²) in [6.07, 6.45) is 0. The van der Waals surface area contributed by atoms with Gasteiger partial charge in [-0.2, -0.15) is 0 Å². The van der Waals surface area contributed by atoms with Gasteiger partial charge in [0.05, 0.1) is 11.1 Å². The summed E-state index contributed by atoms with van der Waals surface area (Å²) < 4.78 is 4.36. The van der Waals surface area contributed by atoms with Crippen molar-refractivity contribution in [1.82, 2.24) is 0 Å². The maximum atomic E-state index is 10.8. The second kappa shape index (κ2) is 3.49. The van der Waals surface area contributed by atoms with Crippen LogP contribution in [0, 0.1) is 0 Å². The maximum absolute atomic E-state index is 10.8. The van der Waals surface area contributed by atoms with Crippen LogP contribution in [0.25, 0.3) is 0 Å². The molecule has 0 spiro atoms. The van der Waals surface area contributed by atoms with Gasteiger partial charge in [-0.1, -0.05) is 31.9 Å². The topological polar surface area (TPSA) is 43.4 Å². The van der Waals surface area contributed by atoms with Gasteiger partial charge in [0.2, 0.25) is 0 Å². The number of hydrogen-bond acceptors (Lipinski definition) is 3. The number of hydrogen-bond donors (Lipinski definition) is 0. The summed E-state index contributed by atoms with van der Waals surface area (Å²) in [6, 6.07) is 0. The number of halogens is 2. The Labute approximate surface area is 80.0 Å². The van der Waals surface area contributed by atoms with Crippen LogP contribution < -0.4 is 0 Å². The van der Waals surface area contributed by atoms with E-state index in [4.69, 9.17) is 0 Å². The minimum atomic E-state index is -0.540. The van der Waals surface area contributed by atoms with Gasteiger partial charge < -0.3 is 4.74 Å². The number of rotatable bonds is 2. The van der Waals surface area contributed by atoms with E-state index in [0.717, 1.165) is 0 Å². The molecule has 0 saturated carbocycles. The van der Waals surface area contributed by atoms with E-state index in [2.05, 4.69) is 36.6 Å². The minimum absolute atomic E-state index is 0.360. The van der Waals surface area contributed by atoms with Crippen molar-refractivity contribution >= 4 is 43.8 Å². The largest absolute Gasteiger partial charge is 0.386 e. The van der Waals surface area contributed by atoms with E-state index >= 15 is 0 Å². The van der Waals surface area contributed by atoms with Gasteiger partial charge in [-0.15, -0.1) is 0 Å². The molecule has 0 N–H and O–H groups in total. The van der Waals surface area contributed by atoms with E-state index in [1.165, 1.54) is 0 Å². The van der Waals surface area contributed by atoms with Gasteiger partial charge in [-0.05, 0) is 0 Å². The molecule has 0 saturated heterocycles. The zero-order chi connectivity index (χ0) is 8.43. The summed E-state index contributed by atoms with van der Waals surface area (Å²) in [4.78, 5) is 21.7. The third kappa shape index (κ3) is 1.54. The van der Waals surface area contributed by atoms with Crippen molar-refractivity contribution in [3.8, 4) is 0 Å². The highest BCUT2D eigenvalue weighted by Crippen LogP contribution is 2.20. The van der Waals surface area contributed by atoms with Crippen molar-refractivity contribution in [3.05, 3.63) is 11.1 Å². The summed E-state index contributed by atoms with van der Waals surface area (Å²) >= 11 is 6.19. The summed E-state index contributed by atoms with van der Waals surface area (Å²) in [7, 11) is 0. The van der Waals surface area contributed by atoms with E-state index in [0.29, 0.717) is 21.8 Å². The molecule has 3 nitrogen and oxygen atoms in total. The van der Waals surface area contributed by atoms with Gasteiger partial charge >= 0.3 is 11.9 Å². The summed E-state index contributed by atoms with van der Waals surface area (Å²) in [5.74, 6) is -1.08. The number of cyclic esters (lactones) is 2. The van der Waals surface area contributed by atoms with Crippen LogP contribution in [0.2, 0.25) is 0 Å². The molecule has 5 heteroatoms. The van der Waals surface area contributed by atoms with Crippen molar-refractivity contribution in [2.24, 2.45) is 0 Å². The molecule has 0 unspecified atom stereocenters. The molecule has 60 valence electrons. The molecule has 0 atom stereocenters. The molecule has 0 aliphatic carbocycles. The van der Waals surface area contributed by atoms with Crippen molar-refractivity contribution < 1.29 is 14.3 Å². The molecule has 0 fully saturated rings. The molecule has 0 radical (unpaired) electrons. The lowest BCUT2D eigenvalue weighted by Crippen LogP contribution is -2.02. The van der Waals surface area contributed by atoms with Crippen LogP contribution in [0.15, 0.2) is 11.1 Å². The van der Waals surface area contributed by atoms with Crippen LogP contribution in [0.3, 0.4) is 0 Å². The molecular formula is C6H4Br2O3. The summed E-state index contributed by atoms with van der Waals surface area (Å²) in [6.45, 7) is 0. The highest BCUT2D eigenvalue weighted by molar-refractivity contribution is 9.09. The first kappa shape index (κ1) is 8.93. The fourth-order valence-corrected chi connectivity index (χ4v) is 1.86. The monoisotopic (exact) mass is 282 g/mol. The van der Waals surface area contributed by atoms with E-state index in [9.17, 15) is 9.59 Å². The quantitative estimate of drug-likeness (QED) is 0.434. The van der Waals surface area contributed by atoms with Crippen LogP contribution >= 0.6 is 31.9 Å². The Kier molecular flexibility index (Phi) is 2.84. The lowest BCUT2D eigenvalue weighted by molar-refractivity contribution is -0.151. The number of esters is 2. The van der Waals surface area contributed by atoms with Crippen LogP contribution in [-0.4, -0.2) is 22.6 Å². The van der Waals surface area contributed by atoms with Crippen molar-refractivity contribution in [2.45, 2.75) is 0 Å². The predicted molar refractivity (Wildman–Crippen MR) is 45.7 cm³/mol. The van der Waals surface area contributed by atoms with E-state index in [-0.39, 0.29) is 0 Å². The first-order valence-corrected chi connectivity index (χ1v) is 5.05. The molecule has 0 amide bonds. The van der Waals surface area contributed by atoms with Crippen molar-refractivity contribution in [3.63, 3.8) is 0 Å². The number of carbonyl (C=O) groups excluding carboxylic acids is 2. The van der Waals surface area contributed by atoms with Crippen molar-refractivity contribution in [2.75, 3.05) is 10.7 Å². The predicted octanol–water partition coefficient (Wildman–Crippen LogP) is 1.16. The van der Waals surface area contributed by atoms with Gasteiger partial charge in [0.1, 0.15) is 0 Å². The number of alkyl halides is 2. The van der Waals surface area contributed by atoms with Gasteiger partial charge in [-0.3, -0.25) is 0 Å². The smallest absolute Gasteiger partial charge is 0.343 e. The second-order valence-electron chi connectivity index (χ2n) is 1.90. The Balaban J connectivity index is 3.02.